The van der Waals surface area contributed by atoms with Crippen LogP contribution in [-0.2, 0) is 17.6 Å². The molecule has 0 atom stereocenters. The lowest BCUT2D eigenvalue weighted by molar-refractivity contribution is -0.136. The molecule has 2 aromatic rings. The molecule has 0 saturated heterocycles. The molecule has 2 rings (SSSR count). The van der Waals surface area contributed by atoms with Crippen molar-refractivity contribution in [3.8, 4) is 0 Å². The molecule has 0 aliphatic heterocycles. The lowest BCUT2D eigenvalue weighted by Gasteiger charge is -1.95. The van der Waals surface area contributed by atoms with E-state index in [-0.39, 0.29) is 6.42 Å². The molecule has 1 heterocycles. The van der Waals surface area contributed by atoms with Gasteiger partial charge in [-0.1, -0.05) is 25.8 Å². The molecule has 0 saturated carbocycles. The number of benzene rings is 1. The number of rotatable bonds is 6. The van der Waals surface area contributed by atoms with E-state index in [0.29, 0.717) is 0 Å². The molecule has 1 aromatic carbocycles. The first-order valence-electron chi connectivity index (χ1n) is 6.29. The molecule has 0 aliphatic rings. The van der Waals surface area contributed by atoms with Crippen molar-refractivity contribution in [1.82, 2.24) is 4.98 Å². The van der Waals surface area contributed by atoms with Crippen LogP contribution in [-0.4, -0.2) is 16.1 Å². The highest BCUT2D eigenvalue weighted by atomic mass is 32.1. The maximum Gasteiger partial charge on any atom is 0.307 e. The minimum Gasteiger partial charge on any atom is -0.481 e. The van der Waals surface area contributed by atoms with E-state index < -0.39 is 5.97 Å². The second-order valence-electron chi connectivity index (χ2n) is 4.44. The van der Waals surface area contributed by atoms with Gasteiger partial charge >= 0.3 is 5.97 Å². The second-order valence-corrected chi connectivity index (χ2v) is 5.55. The number of unbranched alkanes of at least 4 members (excludes halogenated alkanes) is 2. The van der Waals surface area contributed by atoms with Gasteiger partial charge in [-0.2, -0.15) is 0 Å². The summed E-state index contributed by atoms with van der Waals surface area (Å²) in [6.45, 7) is 2.19. The number of carboxylic acid groups (broad SMARTS) is 1. The third-order valence-corrected chi connectivity index (χ3v) is 3.92. The van der Waals surface area contributed by atoms with Gasteiger partial charge in [0.2, 0.25) is 0 Å². The summed E-state index contributed by atoms with van der Waals surface area (Å²) in [5.41, 5.74) is 1.83. The number of aryl methyl sites for hydroxylation is 1. The molecular weight excluding hydrogens is 246 g/mol. The van der Waals surface area contributed by atoms with E-state index in [2.05, 4.69) is 11.9 Å². The molecule has 0 spiro atoms. The molecule has 18 heavy (non-hydrogen) atoms. The Hall–Kier alpha value is -1.42. The van der Waals surface area contributed by atoms with Gasteiger partial charge in [0.15, 0.2) is 0 Å². The average Bonchev–Trinajstić information content (AvgIpc) is 2.70. The summed E-state index contributed by atoms with van der Waals surface area (Å²) in [6.07, 6.45) is 4.74. The normalized spacial score (nSPS) is 10.9. The van der Waals surface area contributed by atoms with E-state index in [9.17, 15) is 4.79 Å². The quantitative estimate of drug-likeness (QED) is 0.809. The van der Waals surface area contributed by atoms with Crippen LogP contribution in [0.25, 0.3) is 10.2 Å². The average molecular weight is 263 g/mol. The van der Waals surface area contributed by atoms with Gasteiger partial charge in [0.1, 0.15) is 0 Å². The number of thiazole rings is 1. The second kappa shape index (κ2) is 5.96. The van der Waals surface area contributed by atoms with Crippen LogP contribution < -0.4 is 0 Å². The van der Waals surface area contributed by atoms with Crippen LogP contribution in [0.1, 0.15) is 36.8 Å². The SMILES string of the molecule is CCCCCc1nc2ccc(CC(=O)O)cc2s1. The first-order valence-corrected chi connectivity index (χ1v) is 7.11. The summed E-state index contributed by atoms with van der Waals surface area (Å²) in [4.78, 5) is 15.2. The maximum atomic E-state index is 10.7. The van der Waals surface area contributed by atoms with Crippen molar-refractivity contribution in [2.45, 2.75) is 39.0 Å². The maximum absolute atomic E-state index is 10.7. The van der Waals surface area contributed by atoms with Gasteiger partial charge in [0.25, 0.3) is 0 Å². The largest absolute Gasteiger partial charge is 0.481 e. The van der Waals surface area contributed by atoms with Crippen LogP contribution in [0.2, 0.25) is 0 Å². The standard InChI is InChI=1S/C14H17NO2S/c1-2-3-4-5-13-15-11-7-6-10(9-14(16)17)8-12(11)18-13/h6-8H,2-5,9H2,1H3,(H,16,17). The summed E-state index contributed by atoms with van der Waals surface area (Å²) in [7, 11) is 0. The van der Waals surface area contributed by atoms with Crippen molar-refractivity contribution in [3.05, 3.63) is 28.8 Å². The zero-order chi connectivity index (χ0) is 13.0. The number of nitrogens with zero attached hydrogens (tertiary/aromatic N) is 1. The summed E-state index contributed by atoms with van der Waals surface area (Å²) in [5.74, 6) is -0.790. The van der Waals surface area contributed by atoms with E-state index >= 15 is 0 Å². The third-order valence-electron chi connectivity index (χ3n) is 2.85. The number of aromatic nitrogens is 1. The minimum absolute atomic E-state index is 0.0823. The summed E-state index contributed by atoms with van der Waals surface area (Å²) < 4.78 is 1.10. The van der Waals surface area contributed by atoms with Crippen molar-refractivity contribution in [2.75, 3.05) is 0 Å². The van der Waals surface area contributed by atoms with E-state index in [1.807, 2.05) is 18.2 Å². The van der Waals surface area contributed by atoms with Crippen molar-refractivity contribution in [1.29, 1.82) is 0 Å². The molecule has 0 bridgehead atoms. The molecule has 0 aliphatic carbocycles. The summed E-state index contributed by atoms with van der Waals surface area (Å²) >= 11 is 1.68. The van der Waals surface area contributed by atoms with Crippen LogP contribution in [0.15, 0.2) is 18.2 Å². The number of hydrogen-bond donors (Lipinski definition) is 1. The van der Waals surface area contributed by atoms with Crippen molar-refractivity contribution in [2.24, 2.45) is 0 Å². The fraction of sp³-hybridized carbons (Fsp3) is 0.429. The van der Waals surface area contributed by atoms with Crippen LogP contribution in [0, 0.1) is 0 Å². The van der Waals surface area contributed by atoms with Gasteiger partial charge in [-0.3, -0.25) is 4.79 Å². The number of aliphatic carboxylic acids is 1. The topological polar surface area (TPSA) is 50.2 Å². The Kier molecular flexibility index (Phi) is 4.31. The minimum atomic E-state index is -0.790. The molecule has 0 amide bonds. The number of carbonyl (C=O) groups is 1. The zero-order valence-electron chi connectivity index (χ0n) is 10.5. The Morgan fingerprint density at radius 3 is 2.94 bits per heavy atom. The predicted octanol–water partition coefficient (Wildman–Crippen LogP) is 3.66. The molecule has 3 nitrogen and oxygen atoms in total. The van der Waals surface area contributed by atoms with Crippen molar-refractivity contribution in [3.63, 3.8) is 0 Å². The highest BCUT2D eigenvalue weighted by molar-refractivity contribution is 7.18. The summed E-state index contributed by atoms with van der Waals surface area (Å²) in [5, 5.41) is 9.93. The van der Waals surface area contributed by atoms with Gasteiger partial charge in [-0.05, 0) is 30.5 Å². The molecular formula is C14H17NO2S. The van der Waals surface area contributed by atoms with Crippen LogP contribution in [0.3, 0.4) is 0 Å². The first kappa shape index (κ1) is 13.0. The Bertz CT molecular complexity index is 548. The first-order chi connectivity index (χ1) is 8.69. The van der Waals surface area contributed by atoms with Crippen molar-refractivity contribution < 1.29 is 9.90 Å². The molecule has 1 aromatic heterocycles. The van der Waals surface area contributed by atoms with E-state index in [0.717, 1.165) is 27.2 Å². The number of carboxylic acids is 1. The highest BCUT2D eigenvalue weighted by Gasteiger charge is 2.06. The zero-order valence-corrected chi connectivity index (χ0v) is 11.3. The smallest absolute Gasteiger partial charge is 0.307 e. The fourth-order valence-corrected chi connectivity index (χ4v) is 3.01. The lowest BCUT2D eigenvalue weighted by Crippen LogP contribution is -1.99. The highest BCUT2D eigenvalue weighted by Crippen LogP contribution is 2.24. The number of hydrogen-bond acceptors (Lipinski definition) is 3. The van der Waals surface area contributed by atoms with Gasteiger partial charge in [-0.15, -0.1) is 11.3 Å². The van der Waals surface area contributed by atoms with Crippen LogP contribution in [0.5, 0.6) is 0 Å². The molecule has 0 fully saturated rings. The van der Waals surface area contributed by atoms with E-state index in [1.54, 1.807) is 11.3 Å². The monoisotopic (exact) mass is 263 g/mol. The number of fused-ring (bicyclic) bond motifs is 1. The summed E-state index contributed by atoms with van der Waals surface area (Å²) in [6, 6.07) is 5.73. The van der Waals surface area contributed by atoms with E-state index in [4.69, 9.17) is 5.11 Å². The predicted molar refractivity (Wildman–Crippen MR) is 74.2 cm³/mol. The lowest BCUT2D eigenvalue weighted by atomic mass is 10.1. The van der Waals surface area contributed by atoms with Crippen LogP contribution in [0.4, 0.5) is 0 Å². The Morgan fingerprint density at radius 2 is 2.22 bits per heavy atom. The van der Waals surface area contributed by atoms with Crippen LogP contribution >= 0.6 is 11.3 Å². The van der Waals surface area contributed by atoms with Gasteiger partial charge < -0.3 is 5.11 Å². The van der Waals surface area contributed by atoms with Crippen molar-refractivity contribution >= 4 is 27.5 Å². The van der Waals surface area contributed by atoms with Gasteiger partial charge in [0, 0.05) is 0 Å². The molecule has 96 valence electrons. The third kappa shape index (κ3) is 3.29. The Labute approximate surface area is 110 Å². The van der Waals surface area contributed by atoms with E-state index in [1.165, 1.54) is 19.3 Å². The Morgan fingerprint density at radius 1 is 1.39 bits per heavy atom. The van der Waals surface area contributed by atoms with Gasteiger partial charge in [-0.25, -0.2) is 4.98 Å². The molecule has 0 unspecified atom stereocenters. The van der Waals surface area contributed by atoms with Gasteiger partial charge in [0.05, 0.1) is 21.6 Å². The molecule has 0 radical (unpaired) electrons. The molecule has 4 heteroatoms. The fourth-order valence-electron chi connectivity index (χ4n) is 1.93. The molecule has 1 N–H and O–H groups in total. The Balaban J connectivity index is 2.14.